The third-order valence-corrected chi connectivity index (χ3v) is 5.14. The maximum atomic E-state index is 12.2. The van der Waals surface area contributed by atoms with E-state index < -0.39 is 0 Å². The van der Waals surface area contributed by atoms with E-state index in [-0.39, 0.29) is 24.9 Å². The Morgan fingerprint density at radius 3 is 1.48 bits per heavy atom. The molecule has 2 aromatic carbocycles. The Bertz CT molecular complexity index is 1130. The Labute approximate surface area is 181 Å². The van der Waals surface area contributed by atoms with E-state index in [0.29, 0.717) is 19.5 Å². The molecule has 0 saturated carbocycles. The average Bonchev–Trinajstić information content (AvgIpc) is 2.78. The molecule has 0 saturated heterocycles. The van der Waals surface area contributed by atoms with Gasteiger partial charge >= 0.3 is 0 Å². The topological polar surface area (TPSA) is 66.0 Å². The number of amides is 2. The summed E-state index contributed by atoms with van der Waals surface area (Å²) in [6.07, 6.45) is 8.45. The van der Waals surface area contributed by atoms with Gasteiger partial charge in [-0.05, 0) is 29.3 Å². The zero-order chi connectivity index (χ0) is 21.5. The highest BCUT2D eigenvalue weighted by atomic mass is 16.2. The number of carbonyl (C=O) groups is 2. The second-order valence-corrected chi connectivity index (χ2v) is 7.55. The third-order valence-electron chi connectivity index (χ3n) is 5.14. The van der Waals surface area contributed by atoms with Crippen LogP contribution in [0.2, 0.25) is 0 Å². The lowest BCUT2D eigenvalue weighted by molar-refractivity contribution is -0.683. The van der Waals surface area contributed by atoms with Gasteiger partial charge in [-0.15, -0.1) is 0 Å². The van der Waals surface area contributed by atoms with Gasteiger partial charge in [0, 0.05) is 36.0 Å². The molecule has 0 aliphatic rings. The van der Waals surface area contributed by atoms with Crippen LogP contribution in [0.4, 0.5) is 0 Å². The quantitative estimate of drug-likeness (QED) is 0.342. The number of carbonyl (C=O) groups excluding carboxylic acids is 2. The molecule has 2 amide bonds. The predicted molar refractivity (Wildman–Crippen MR) is 119 cm³/mol. The molecule has 0 aliphatic carbocycles. The van der Waals surface area contributed by atoms with Gasteiger partial charge in [-0.2, -0.15) is 9.13 Å². The van der Waals surface area contributed by atoms with Gasteiger partial charge in [-0.1, -0.05) is 36.4 Å². The first-order valence-electron chi connectivity index (χ1n) is 10.5. The van der Waals surface area contributed by atoms with Gasteiger partial charge in [0.25, 0.3) is 11.8 Å². The van der Waals surface area contributed by atoms with E-state index in [9.17, 15) is 9.59 Å². The van der Waals surface area contributed by atoms with E-state index in [1.165, 1.54) is 0 Å². The molecule has 0 fully saturated rings. The molecule has 0 atom stereocenters. The summed E-state index contributed by atoms with van der Waals surface area (Å²) in [5, 5.41) is 10.3. The molecular weight excluding hydrogens is 388 g/mol. The van der Waals surface area contributed by atoms with Crippen molar-refractivity contribution in [3.8, 4) is 0 Å². The monoisotopic (exact) mass is 414 g/mol. The predicted octanol–water partition coefficient (Wildman–Crippen LogP) is 1.89. The normalized spacial score (nSPS) is 10.8. The first-order valence-corrected chi connectivity index (χ1v) is 10.5. The molecule has 31 heavy (non-hydrogen) atoms. The van der Waals surface area contributed by atoms with E-state index in [1.54, 1.807) is 0 Å². The maximum Gasteiger partial charge on any atom is 0.285 e. The van der Waals surface area contributed by atoms with Crippen LogP contribution in [-0.2, 0) is 22.7 Å². The summed E-state index contributed by atoms with van der Waals surface area (Å²) in [5.74, 6) is -0.0864. The van der Waals surface area contributed by atoms with Crippen LogP contribution >= 0.6 is 0 Å². The highest BCUT2D eigenvalue weighted by Crippen LogP contribution is 2.10. The Balaban J connectivity index is 1.16. The number of nitrogens with zero attached hydrogens (tertiary/aromatic N) is 2. The van der Waals surface area contributed by atoms with Crippen molar-refractivity contribution in [3.05, 3.63) is 85.5 Å². The van der Waals surface area contributed by atoms with Crippen LogP contribution < -0.4 is 19.8 Å². The SMILES string of the molecule is O=C(C[n+]1ccc2ccccc2c1)NCCCNC(=O)C[n+]1ccc2ccccc2c1. The van der Waals surface area contributed by atoms with Crippen LogP contribution in [0.3, 0.4) is 0 Å². The lowest BCUT2D eigenvalue weighted by atomic mass is 10.2. The number of rotatable bonds is 8. The molecule has 6 nitrogen and oxygen atoms in total. The number of aromatic nitrogens is 2. The van der Waals surface area contributed by atoms with Crippen LogP contribution in [0.1, 0.15) is 6.42 Å². The highest BCUT2D eigenvalue weighted by molar-refractivity contribution is 5.81. The number of nitrogens with one attached hydrogen (secondary N) is 2. The van der Waals surface area contributed by atoms with Crippen LogP contribution in [0.15, 0.2) is 85.5 Å². The minimum atomic E-state index is -0.0432. The molecule has 2 aromatic heterocycles. The van der Waals surface area contributed by atoms with Crippen molar-refractivity contribution in [1.29, 1.82) is 0 Å². The van der Waals surface area contributed by atoms with Crippen LogP contribution in [0.25, 0.3) is 21.5 Å². The number of benzene rings is 2. The lowest BCUT2D eigenvalue weighted by Gasteiger charge is -2.05. The fourth-order valence-electron chi connectivity index (χ4n) is 3.54. The van der Waals surface area contributed by atoms with Crippen molar-refractivity contribution in [1.82, 2.24) is 10.6 Å². The van der Waals surface area contributed by atoms with Gasteiger partial charge in [-0.3, -0.25) is 9.59 Å². The largest absolute Gasteiger partial charge is 0.351 e. The smallest absolute Gasteiger partial charge is 0.285 e. The van der Waals surface area contributed by atoms with Gasteiger partial charge < -0.3 is 10.6 Å². The average molecular weight is 415 g/mol. The third kappa shape index (κ3) is 5.63. The number of hydrogen-bond acceptors (Lipinski definition) is 2. The zero-order valence-electron chi connectivity index (χ0n) is 17.3. The van der Waals surface area contributed by atoms with Gasteiger partial charge in [0.1, 0.15) is 0 Å². The summed E-state index contributed by atoms with van der Waals surface area (Å²) in [7, 11) is 0. The summed E-state index contributed by atoms with van der Waals surface area (Å²) in [4.78, 5) is 24.3. The van der Waals surface area contributed by atoms with Crippen LogP contribution in [0, 0.1) is 0 Å². The second kappa shape index (κ2) is 9.80. The molecule has 0 bridgehead atoms. The van der Waals surface area contributed by atoms with Crippen molar-refractivity contribution in [3.63, 3.8) is 0 Å². The summed E-state index contributed by atoms with van der Waals surface area (Å²) < 4.78 is 3.75. The molecule has 4 rings (SSSR count). The maximum absolute atomic E-state index is 12.2. The van der Waals surface area contributed by atoms with E-state index >= 15 is 0 Å². The van der Waals surface area contributed by atoms with Crippen molar-refractivity contribution < 1.29 is 18.7 Å². The molecule has 2 heterocycles. The molecule has 0 spiro atoms. The fraction of sp³-hybridized carbons (Fsp3) is 0.200. The molecule has 6 heteroatoms. The van der Waals surface area contributed by atoms with Crippen LogP contribution in [0.5, 0.6) is 0 Å². The van der Waals surface area contributed by atoms with Crippen molar-refractivity contribution in [2.45, 2.75) is 19.5 Å². The second-order valence-electron chi connectivity index (χ2n) is 7.55. The molecule has 0 aliphatic heterocycles. The minimum Gasteiger partial charge on any atom is -0.351 e. The van der Waals surface area contributed by atoms with E-state index in [1.807, 2.05) is 94.6 Å². The number of fused-ring (bicyclic) bond motifs is 2. The standard InChI is InChI=1S/C25H24N4O2/c30-24(18-28-14-10-20-6-1-3-8-22(20)16-28)26-12-5-13-27-25(31)19-29-15-11-21-7-2-4-9-23(21)17-29/h1-4,6-11,14-17H,5,12-13,18-19H2/p+2. The van der Waals surface area contributed by atoms with Crippen molar-refractivity contribution in [2.75, 3.05) is 13.1 Å². The Kier molecular flexibility index (Phi) is 6.47. The van der Waals surface area contributed by atoms with Gasteiger partial charge in [0.05, 0.1) is 0 Å². The highest BCUT2D eigenvalue weighted by Gasteiger charge is 2.11. The van der Waals surface area contributed by atoms with Crippen molar-refractivity contribution >= 4 is 33.4 Å². The van der Waals surface area contributed by atoms with E-state index in [4.69, 9.17) is 0 Å². The summed E-state index contributed by atoms with van der Waals surface area (Å²) in [6.45, 7) is 1.60. The number of pyridine rings is 2. The van der Waals surface area contributed by atoms with Crippen molar-refractivity contribution in [2.24, 2.45) is 0 Å². The summed E-state index contributed by atoms with van der Waals surface area (Å²) in [6, 6.07) is 20.1. The summed E-state index contributed by atoms with van der Waals surface area (Å²) in [5.41, 5.74) is 0. The molecule has 156 valence electrons. The van der Waals surface area contributed by atoms with Gasteiger partial charge in [-0.25, -0.2) is 0 Å². The van der Waals surface area contributed by atoms with Crippen LogP contribution in [-0.4, -0.2) is 24.9 Å². The molecule has 0 radical (unpaired) electrons. The van der Waals surface area contributed by atoms with Gasteiger partial charge in [0.15, 0.2) is 24.8 Å². The van der Waals surface area contributed by atoms with Gasteiger partial charge in [0.2, 0.25) is 13.1 Å². The first kappa shape index (κ1) is 20.5. The fourth-order valence-corrected chi connectivity index (χ4v) is 3.54. The molecular formula is C25H26N4O2+2. The Hall–Kier alpha value is -3.80. The first-order chi connectivity index (χ1) is 15.2. The zero-order valence-corrected chi connectivity index (χ0v) is 17.3. The molecule has 4 aromatic rings. The lowest BCUT2D eigenvalue weighted by Crippen LogP contribution is -2.44. The number of hydrogen-bond donors (Lipinski definition) is 2. The molecule has 2 N–H and O–H groups in total. The Morgan fingerprint density at radius 1 is 0.613 bits per heavy atom. The molecule has 0 unspecified atom stereocenters. The summed E-state index contributed by atoms with van der Waals surface area (Å²) >= 11 is 0. The minimum absolute atomic E-state index is 0.0432. The van der Waals surface area contributed by atoms with E-state index in [0.717, 1.165) is 21.5 Å². The van der Waals surface area contributed by atoms with E-state index in [2.05, 4.69) is 10.6 Å². The Morgan fingerprint density at radius 2 is 1.03 bits per heavy atom.